The van der Waals surface area contributed by atoms with Gasteiger partial charge in [-0.2, -0.15) is 9.29 Å². The van der Waals surface area contributed by atoms with Crippen LogP contribution in [0.5, 0.6) is 0 Å². The van der Waals surface area contributed by atoms with Crippen LogP contribution >= 0.6 is 15.6 Å². The van der Waals surface area contributed by atoms with E-state index in [0.717, 1.165) is 94.2 Å². The van der Waals surface area contributed by atoms with Crippen molar-refractivity contribution in [2.45, 2.75) is 179 Å². The number of anilines is 1. The Morgan fingerprint density at radius 2 is 1.35 bits per heavy atom. The van der Waals surface area contributed by atoms with Crippen LogP contribution in [0.25, 0.3) is 0 Å². The fourth-order valence-electron chi connectivity index (χ4n) is 6.78. The summed E-state index contributed by atoms with van der Waals surface area (Å²) in [4.78, 5) is 73.9. The second-order valence-corrected chi connectivity index (χ2v) is 19.7. The van der Waals surface area contributed by atoms with Crippen molar-refractivity contribution in [3.8, 4) is 0 Å². The molecule has 0 aromatic carbocycles. The molecule has 0 radical (unpaired) electrons. The van der Waals surface area contributed by atoms with E-state index in [1.807, 2.05) is 6.08 Å². The Morgan fingerprint density at radius 1 is 0.754 bits per heavy atom. The molecule has 0 spiro atoms. The number of nitrogen functional groups attached to an aromatic ring is 1. The highest BCUT2D eigenvalue weighted by molar-refractivity contribution is 7.61. The number of nitrogens with zero attached hydrogens (tertiary/aromatic N) is 2. The van der Waals surface area contributed by atoms with Gasteiger partial charge in [-0.3, -0.25) is 28.0 Å². The molecule has 19 nitrogen and oxygen atoms in total. The topological polar surface area (TPSA) is 283 Å². The van der Waals surface area contributed by atoms with Gasteiger partial charge in [0.1, 0.15) is 30.7 Å². The Kier molecular flexibility index (Phi) is 32.1. The van der Waals surface area contributed by atoms with E-state index < -0.39 is 83.7 Å². The number of hydrogen-bond acceptors (Lipinski definition) is 16. The smallest absolute Gasteiger partial charge is 0.462 e. The van der Waals surface area contributed by atoms with Crippen molar-refractivity contribution >= 4 is 39.2 Å². The molecule has 69 heavy (non-hydrogen) atoms. The SMILES string of the molecule is CC/C=C\C/C=C\C/C=C\CCCCCCCC(=O)OC[C@H](COP(=O)(O)OP(=O)(O)OC[C@H]1O[C@@H](n2ccc(N)nc2=O)[C@H](O)[C@@H]1O)OC(=O)CCCCCCCC(=O)/C=C/C=C\CCCCC. The van der Waals surface area contributed by atoms with E-state index in [2.05, 4.69) is 65.7 Å². The number of unbranched alkanes of at least 4 members (excludes halogenated alkanes) is 12. The average Bonchev–Trinajstić information content (AvgIpc) is 3.58. The predicted molar refractivity (Wildman–Crippen MR) is 261 cm³/mol. The molecule has 0 aliphatic carbocycles. The van der Waals surface area contributed by atoms with Crippen LogP contribution in [0.3, 0.4) is 0 Å². The maximum Gasteiger partial charge on any atom is 0.481 e. The standard InChI is InChI=1S/C48H77N3O16P2/c1-3-5-7-9-11-12-13-14-15-16-17-18-20-24-28-32-43(53)62-36-40(65-44(54)33-29-25-21-23-27-31-39(52)30-26-22-19-10-8-6-4-2)37-63-68(58,59)67-69(60,61)64-38-41-45(55)46(56)47(66-41)51-35-34-42(49)50-48(51)57/h5,7,11-12,14-15,19,22,26,30,34-35,40-41,45-47,55-56H,3-4,6,8-10,13,16-18,20-21,23-25,27-29,31-33,36-38H2,1-2H3,(H,58,59)(H,60,61)(H2,49,50,57)/b7-5-,12-11-,15-14-,22-19-,30-26+/t40-,41-,45-,46-,47-/m1/s1. The molecule has 6 N–H and O–H groups in total. The Labute approximate surface area is 407 Å². The molecule has 0 bridgehead atoms. The zero-order valence-electron chi connectivity index (χ0n) is 40.3. The number of esters is 2. The Hall–Kier alpha value is -3.87. The molecule has 1 aliphatic rings. The van der Waals surface area contributed by atoms with E-state index in [9.17, 15) is 48.3 Å². The summed E-state index contributed by atoms with van der Waals surface area (Å²) in [6.45, 7) is 1.84. The number of hydrogen-bond donors (Lipinski definition) is 5. The molecule has 1 fully saturated rings. The van der Waals surface area contributed by atoms with Gasteiger partial charge < -0.3 is 39.9 Å². The molecule has 0 saturated carbocycles. The first kappa shape index (κ1) is 61.3. The molecule has 2 unspecified atom stereocenters. The molecule has 1 aromatic heterocycles. The number of carbonyl (C=O) groups is 3. The minimum absolute atomic E-state index is 0.0401. The predicted octanol–water partition coefficient (Wildman–Crippen LogP) is 8.73. The third kappa shape index (κ3) is 29.2. The second kappa shape index (κ2) is 36.1. The number of carbonyl (C=O) groups excluding carboxylic acids is 3. The first-order valence-corrected chi connectivity index (χ1v) is 27.2. The summed E-state index contributed by atoms with van der Waals surface area (Å²) < 4.78 is 56.6. The number of ketones is 1. The van der Waals surface area contributed by atoms with E-state index in [1.54, 1.807) is 12.2 Å². The summed E-state index contributed by atoms with van der Waals surface area (Å²) in [5.74, 6) is -1.38. The summed E-state index contributed by atoms with van der Waals surface area (Å²) in [5, 5.41) is 20.9. The lowest BCUT2D eigenvalue weighted by atomic mass is 10.1. The highest BCUT2D eigenvalue weighted by atomic mass is 31.3. The molecule has 1 aliphatic heterocycles. The fraction of sp³-hybridized carbons (Fsp3) is 0.646. The molecule has 21 heteroatoms. The van der Waals surface area contributed by atoms with Crippen LogP contribution in [0.4, 0.5) is 5.82 Å². The normalized spacial score (nSPS) is 19.8. The monoisotopic (exact) mass is 1010 g/mol. The number of ether oxygens (including phenoxy) is 3. The van der Waals surface area contributed by atoms with E-state index >= 15 is 0 Å². The van der Waals surface area contributed by atoms with Crippen LogP contribution in [0.15, 0.2) is 77.8 Å². The Balaban J connectivity index is 1.85. The van der Waals surface area contributed by atoms with Gasteiger partial charge in [0.05, 0.1) is 13.2 Å². The Bertz CT molecular complexity index is 1950. The molecule has 2 rings (SSSR count). The van der Waals surface area contributed by atoms with Crippen molar-refractivity contribution in [3.05, 3.63) is 83.5 Å². The highest BCUT2D eigenvalue weighted by Gasteiger charge is 2.46. The summed E-state index contributed by atoms with van der Waals surface area (Å²) in [6.07, 6.45) is 29.9. The zero-order valence-corrected chi connectivity index (χ0v) is 42.1. The van der Waals surface area contributed by atoms with Gasteiger partial charge in [-0.05, 0) is 76.4 Å². The number of phosphoric acid groups is 2. The lowest BCUT2D eigenvalue weighted by Gasteiger charge is -2.21. The molecular weight excluding hydrogens is 936 g/mol. The largest absolute Gasteiger partial charge is 0.481 e. The van der Waals surface area contributed by atoms with Crippen molar-refractivity contribution < 1.29 is 71.1 Å². The van der Waals surface area contributed by atoms with Crippen molar-refractivity contribution in [1.29, 1.82) is 0 Å². The van der Waals surface area contributed by atoms with Crippen LogP contribution in [0, 0.1) is 0 Å². The molecule has 1 saturated heterocycles. The average molecular weight is 1010 g/mol. The maximum atomic E-state index is 12.8. The third-order valence-electron chi connectivity index (χ3n) is 10.6. The van der Waals surface area contributed by atoms with Crippen LogP contribution in [0.2, 0.25) is 0 Å². The van der Waals surface area contributed by atoms with Gasteiger partial charge >= 0.3 is 33.3 Å². The summed E-state index contributed by atoms with van der Waals surface area (Å²) in [5.41, 5.74) is 4.57. The molecule has 7 atom stereocenters. The fourth-order valence-corrected chi connectivity index (χ4v) is 8.89. The van der Waals surface area contributed by atoms with Crippen molar-refractivity contribution in [2.24, 2.45) is 0 Å². The minimum atomic E-state index is -5.45. The van der Waals surface area contributed by atoms with Gasteiger partial charge in [0, 0.05) is 25.5 Å². The summed E-state index contributed by atoms with van der Waals surface area (Å²) in [6, 6.07) is 1.24. The number of rotatable bonds is 39. The lowest BCUT2D eigenvalue weighted by molar-refractivity contribution is -0.161. The van der Waals surface area contributed by atoms with Crippen LogP contribution in [0.1, 0.15) is 155 Å². The third-order valence-corrected chi connectivity index (χ3v) is 13.2. The zero-order chi connectivity index (χ0) is 50.8. The number of allylic oxidation sites excluding steroid dienone is 10. The van der Waals surface area contributed by atoms with Gasteiger partial charge in [0.25, 0.3) is 0 Å². The summed E-state index contributed by atoms with van der Waals surface area (Å²) in [7, 11) is -10.9. The van der Waals surface area contributed by atoms with Gasteiger partial charge in [0.15, 0.2) is 18.1 Å². The maximum absolute atomic E-state index is 12.8. The quantitative estimate of drug-likeness (QED) is 0.0103. The van der Waals surface area contributed by atoms with Crippen LogP contribution in [-0.4, -0.2) is 91.5 Å². The first-order chi connectivity index (χ1) is 33.1. The molecule has 2 heterocycles. The lowest BCUT2D eigenvalue weighted by Crippen LogP contribution is -2.36. The van der Waals surface area contributed by atoms with Gasteiger partial charge in [-0.1, -0.05) is 120 Å². The first-order valence-electron chi connectivity index (χ1n) is 24.3. The molecule has 1 aromatic rings. The van der Waals surface area contributed by atoms with E-state index in [0.29, 0.717) is 32.1 Å². The van der Waals surface area contributed by atoms with E-state index in [4.69, 9.17) is 29.0 Å². The Morgan fingerprint density at radius 3 is 2.03 bits per heavy atom. The molecular formula is C48H77N3O16P2. The van der Waals surface area contributed by atoms with Gasteiger partial charge in [0.2, 0.25) is 0 Å². The van der Waals surface area contributed by atoms with Crippen LogP contribution < -0.4 is 11.4 Å². The van der Waals surface area contributed by atoms with Crippen molar-refractivity contribution in [1.82, 2.24) is 9.55 Å². The second-order valence-electron chi connectivity index (χ2n) is 16.6. The molecule has 0 amide bonds. The number of phosphoric ester groups is 2. The number of aliphatic hydroxyl groups is 2. The highest BCUT2D eigenvalue weighted by Crippen LogP contribution is 2.60. The summed E-state index contributed by atoms with van der Waals surface area (Å²) >= 11 is 0. The van der Waals surface area contributed by atoms with Gasteiger partial charge in [-0.15, -0.1) is 0 Å². The molecule has 390 valence electrons. The number of nitrogens with two attached hydrogens (primary N) is 1. The number of aromatic nitrogens is 2. The van der Waals surface area contributed by atoms with Gasteiger partial charge in [-0.25, -0.2) is 13.9 Å². The van der Waals surface area contributed by atoms with Crippen molar-refractivity contribution in [2.75, 3.05) is 25.6 Å². The number of aliphatic hydroxyl groups excluding tert-OH is 2. The van der Waals surface area contributed by atoms with E-state index in [-0.39, 0.29) is 24.4 Å². The van der Waals surface area contributed by atoms with E-state index in [1.165, 1.54) is 12.5 Å². The van der Waals surface area contributed by atoms with Crippen molar-refractivity contribution in [3.63, 3.8) is 0 Å². The van der Waals surface area contributed by atoms with Crippen LogP contribution in [-0.2, 0) is 51.1 Å². The minimum Gasteiger partial charge on any atom is -0.462 e.